The number of methoxy groups -OCH3 is 1. The first-order chi connectivity index (χ1) is 11.7. The third kappa shape index (κ3) is 4.28. The predicted molar refractivity (Wildman–Crippen MR) is 93.5 cm³/mol. The van der Waals surface area contributed by atoms with Gasteiger partial charge in [0.15, 0.2) is 0 Å². The van der Waals surface area contributed by atoms with Crippen LogP contribution in [0.5, 0.6) is 5.75 Å². The highest BCUT2D eigenvalue weighted by atomic mass is 16.5. The van der Waals surface area contributed by atoms with E-state index in [2.05, 4.69) is 11.8 Å². The predicted octanol–water partition coefficient (Wildman–Crippen LogP) is 2.41. The molecule has 3 rings (SSSR count). The Kier molecular flexibility index (Phi) is 5.74. The first-order valence-electron chi connectivity index (χ1n) is 8.97. The quantitative estimate of drug-likeness (QED) is 0.849. The van der Waals surface area contributed by atoms with E-state index in [9.17, 15) is 4.79 Å². The fourth-order valence-electron chi connectivity index (χ4n) is 3.58. The van der Waals surface area contributed by atoms with E-state index in [1.54, 1.807) is 7.11 Å². The molecule has 0 unspecified atom stereocenters. The number of amides is 1. The van der Waals surface area contributed by atoms with Crippen molar-refractivity contribution in [3.63, 3.8) is 0 Å². The van der Waals surface area contributed by atoms with Crippen molar-refractivity contribution in [3.05, 3.63) is 29.8 Å². The number of nitrogens with zero attached hydrogens (tertiary/aromatic N) is 2. The summed E-state index contributed by atoms with van der Waals surface area (Å²) in [6.07, 6.45) is 4.11. The number of carbonyl (C=O) groups is 1. The van der Waals surface area contributed by atoms with Crippen LogP contribution in [0.4, 0.5) is 0 Å². The van der Waals surface area contributed by atoms with Crippen LogP contribution in [0.3, 0.4) is 0 Å². The molecule has 0 saturated carbocycles. The summed E-state index contributed by atoms with van der Waals surface area (Å²) < 4.78 is 11.1. The van der Waals surface area contributed by atoms with E-state index >= 15 is 0 Å². The van der Waals surface area contributed by atoms with E-state index in [1.165, 1.54) is 6.42 Å². The summed E-state index contributed by atoms with van der Waals surface area (Å²) in [4.78, 5) is 17.1. The van der Waals surface area contributed by atoms with Crippen LogP contribution in [0.15, 0.2) is 24.3 Å². The zero-order valence-electron chi connectivity index (χ0n) is 14.7. The van der Waals surface area contributed by atoms with Crippen LogP contribution >= 0.6 is 0 Å². The van der Waals surface area contributed by atoms with Gasteiger partial charge >= 0.3 is 0 Å². The minimum absolute atomic E-state index is 0.116. The monoisotopic (exact) mass is 332 g/mol. The Balaban J connectivity index is 1.53. The lowest BCUT2D eigenvalue weighted by molar-refractivity contribution is 0.0322. The molecule has 0 N–H and O–H groups in total. The Labute approximate surface area is 144 Å². The largest absolute Gasteiger partial charge is 0.497 e. The molecule has 0 spiro atoms. The molecular formula is C19H28N2O3. The van der Waals surface area contributed by atoms with Crippen molar-refractivity contribution in [1.29, 1.82) is 0 Å². The average Bonchev–Trinajstić information content (AvgIpc) is 2.87. The highest BCUT2D eigenvalue weighted by Crippen LogP contribution is 2.21. The van der Waals surface area contributed by atoms with Gasteiger partial charge in [-0.3, -0.25) is 9.69 Å². The Morgan fingerprint density at radius 3 is 2.62 bits per heavy atom. The minimum Gasteiger partial charge on any atom is -0.497 e. The molecule has 2 saturated heterocycles. The van der Waals surface area contributed by atoms with Crippen molar-refractivity contribution >= 4 is 5.91 Å². The fraction of sp³-hybridized carbons (Fsp3) is 0.632. The summed E-state index contributed by atoms with van der Waals surface area (Å²) in [5.41, 5.74) is 0.734. The van der Waals surface area contributed by atoms with Gasteiger partial charge in [0, 0.05) is 31.7 Å². The van der Waals surface area contributed by atoms with Gasteiger partial charge in [-0.25, -0.2) is 0 Å². The van der Waals surface area contributed by atoms with Crippen molar-refractivity contribution in [1.82, 2.24) is 9.80 Å². The molecule has 1 aromatic rings. The number of hydrogen-bond donors (Lipinski definition) is 0. The third-order valence-corrected chi connectivity index (χ3v) is 4.99. The maximum absolute atomic E-state index is 12.7. The summed E-state index contributed by atoms with van der Waals surface area (Å²) in [5.74, 6) is 0.893. The standard InChI is InChI=1S/C19H28N2O3/c1-15-4-7-18(24-15)14-20-10-3-11-21(13-12-20)19(22)16-5-8-17(23-2)9-6-16/h5-6,8-9,15,18H,3-4,7,10-14H2,1-2H3/t15-,18+/m1/s1. The summed E-state index contributed by atoms with van der Waals surface area (Å²) >= 11 is 0. The highest BCUT2D eigenvalue weighted by Gasteiger charge is 2.26. The number of rotatable bonds is 4. The SMILES string of the molecule is COc1ccc(C(=O)N2CCCN(C[C@@H]3CC[C@@H](C)O3)CC2)cc1. The molecule has 1 aromatic carbocycles. The zero-order chi connectivity index (χ0) is 16.9. The molecule has 2 fully saturated rings. The van der Waals surface area contributed by atoms with Crippen LogP contribution in [0, 0.1) is 0 Å². The number of hydrogen-bond acceptors (Lipinski definition) is 4. The Morgan fingerprint density at radius 2 is 1.96 bits per heavy atom. The number of ether oxygens (including phenoxy) is 2. The topological polar surface area (TPSA) is 42.0 Å². The van der Waals surface area contributed by atoms with Crippen LogP contribution in [0.25, 0.3) is 0 Å². The van der Waals surface area contributed by atoms with Crippen molar-refractivity contribution in [2.75, 3.05) is 39.8 Å². The first-order valence-corrected chi connectivity index (χ1v) is 8.97. The van der Waals surface area contributed by atoms with Gasteiger partial charge in [0.2, 0.25) is 0 Å². The second-order valence-electron chi connectivity index (χ2n) is 6.82. The summed E-state index contributed by atoms with van der Waals surface area (Å²) in [6, 6.07) is 7.38. The lowest BCUT2D eigenvalue weighted by Crippen LogP contribution is -2.37. The zero-order valence-corrected chi connectivity index (χ0v) is 14.7. The van der Waals surface area contributed by atoms with Gasteiger partial charge < -0.3 is 14.4 Å². The molecule has 2 atom stereocenters. The maximum Gasteiger partial charge on any atom is 0.253 e. The normalized spacial score (nSPS) is 25.5. The molecule has 2 heterocycles. The molecule has 0 aliphatic carbocycles. The Bertz CT molecular complexity index is 546. The van der Waals surface area contributed by atoms with Crippen LogP contribution in [-0.4, -0.2) is 67.7 Å². The van der Waals surface area contributed by atoms with E-state index in [1.807, 2.05) is 29.2 Å². The van der Waals surface area contributed by atoms with Gasteiger partial charge in [0.25, 0.3) is 5.91 Å². The molecule has 2 aliphatic heterocycles. The fourth-order valence-corrected chi connectivity index (χ4v) is 3.58. The first kappa shape index (κ1) is 17.2. The van der Waals surface area contributed by atoms with Crippen molar-refractivity contribution in [2.24, 2.45) is 0 Å². The molecule has 132 valence electrons. The summed E-state index contributed by atoms with van der Waals surface area (Å²) in [6.45, 7) is 6.72. The van der Waals surface area contributed by atoms with Crippen LogP contribution in [0.1, 0.15) is 36.5 Å². The van der Waals surface area contributed by atoms with Crippen LogP contribution in [0.2, 0.25) is 0 Å². The smallest absolute Gasteiger partial charge is 0.253 e. The maximum atomic E-state index is 12.7. The summed E-state index contributed by atoms with van der Waals surface area (Å²) in [7, 11) is 1.63. The molecule has 24 heavy (non-hydrogen) atoms. The number of carbonyl (C=O) groups excluding carboxylic acids is 1. The Hall–Kier alpha value is -1.59. The molecule has 0 bridgehead atoms. The second kappa shape index (κ2) is 7.99. The lowest BCUT2D eigenvalue weighted by atomic mass is 10.2. The van der Waals surface area contributed by atoms with E-state index in [0.717, 1.165) is 56.9 Å². The highest BCUT2D eigenvalue weighted by molar-refractivity contribution is 5.94. The van der Waals surface area contributed by atoms with Gasteiger partial charge in [-0.1, -0.05) is 0 Å². The van der Waals surface area contributed by atoms with Gasteiger partial charge in [-0.05, 0) is 57.0 Å². The van der Waals surface area contributed by atoms with Crippen molar-refractivity contribution in [2.45, 2.75) is 38.4 Å². The Morgan fingerprint density at radius 1 is 1.17 bits per heavy atom. The molecule has 5 nitrogen and oxygen atoms in total. The van der Waals surface area contributed by atoms with Crippen LogP contribution in [-0.2, 0) is 4.74 Å². The van der Waals surface area contributed by atoms with Gasteiger partial charge in [-0.15, -0.1) is 0 Å². The second-order valence-corrected chi connectivity index (χ2v) is 6.82. The van der Waals surface area contributed by atoms with Crippen molar-refractivity contribution < 1.29 is 14.3 Å². The van der Waals surface area contributed by atoms with Gasteiger partial charge in [0.1, 0.15) is 5.75 Å². The average molecular weight is 332 g/mol. The summed E-state index contributed by atoms with van der Waals surface area (Å²) in [5, 5.41) is 0. The van der Waals surface area contributed by atoms with Gasteiger partial charge in [-0.2, -0.15) is 0 Å². The molecule has 5 heteroatoms. The third-order valence-electron chi connectivity index (χ3n) is 4.99. The van der Waals surface area contributed by atoms with E-state index in [4.69, 9.17) is 9.47 Å². The molecule has 0 aromatic heterocycles. The van der Waals surface area contributed by atoms with E-state index in [-0.39, 0.29) is 5.91 Å². The lowest BCUT2D eigenvalue weighted by Gasteiger charge is -2.24. The van der Waals surface area contributed by atoms with Gasteiger partial charge in [0.05, 0.1) is 19.3 Å². The molecule has 0 radical (unpaired) electrons. The van der Waals surface area contributed by atoms with Crippen molar-refractivity contribution in [3.8, 4) is 5.75 Å². The minimum atomic E-state index is 0.116. The van der Waals surface area contributed by atoms with Crippen LogP contribution < -0.4 is 4.74 Å². The number of benzene rings is 1. The molecule has 1 amide bonds. The molecular weight excluding hydrogens is 304 g/mol. The van der Waals surface area contributed by atoms with E-state index < -0.39 is 0 Å². The van der Waals surface area contributed by atoms with E-state index in [0.29, 0.717) is 12.2 Å². The molecule has 2 aliphatic rings.